The molecule has 0 atom stereocenters. The summed E-state index contributed by atoms with van der Waals surface area (Å²) in [4.78, 5) is 3.83. The van der Waals surface area contributed by atoms with Crippen molar-refractivity contribution in [3.8, 4) is 0 Å². The molecule has 84 valence electrons. The van der Waals surface area contributed by atoms with E-state index in [9.17, 15) is 4.39 Å². The molecule has 0 radical (unpaired) electrons. The van der Waals surface area contributed by atoms with Gasteiger partial charge >= 0.3 is 0 Å². The lowest BCUT2D eigenvalue weighted by molar-refractivity contribution is 0.263. The second kappa shape index (κ2) is 4.59. The summed E-state index contributed by atoms with van der Waals surface area (Å²) in [7, 11) is 0. The molecule has 1 N–H and O–H groups in total. The topological polar surface area (TPSA) is 50.9 Å². The Bertz CT molecular complexity index is 501. The maximum Gasteiger partial charge on any atom is 0.152 e. The van der Waals surface area contributed by atoms with E-state index >= 15 is 0 Å². The van der Waals surface area contributed by atoms with E-state index < -0.39 is 5.82 Å². The zero-order chi connectivity index (χ0) is 11.5. The molecule has 0 saturated heterocycles. The molecular formula is C10H9ClFN3O. The fraction of sp³-hybridized carbons (Fsp3) is 0.200. The maximum atomic E-state index is 13.6. The van der Waals surface area contributed by atoms with Gasteiger partial charge in [-0.2, -0.15) is 5.10 Å². The summed E-state index contributed by atoms with van der Waals surface area (Å²) in [6, 6.07) is 4.76. The molecule has 1 aromatic heterocycles. The second-order valence-corrected chi connectivity index (χ2v) is 3.61. The van der Waals surface area contributed by atoms with Crippen LogP contribution in [0.3, 0.4) is 0 Å². The zero-order valence-corrected chi connectivity index (χ0v) is 9.02. The standard InChI is InChI=1S/C10H9ClFN3O/c11-8-3-1-2-7(10(8)12)4-15-9(5-16)13-6-14-15/h1-3,6,16H,4-5H2. The molecule has 1 heterocycles. The van der Waals surface area contributed by atoms with Crippen LogP contribution in [-0.4, -0.2) is 19.9 Å². The Morgan fingerprint density at radius 2 is 2.25 bits per heavy atom. The van der Waals surface area contributed by atoms with Crippen LogP contribution in [0.25, 0.3) is 0 Å². The number of aliphatic hydroxyl groups is 1. The van der Waals surface area contributed by atoms with E-state index in [1.54, 1.807) is 12.1 Å². The molecule has 0 aliphatic carbocycles. The summed E-state index contributed by atoms with van der Waals surface area (Å²) in [5, 5.41) is 12.9. The van der Waals surface area contributed by atoms with Gasteiger partial charge in [-0.25, -0.2) is 14.1 Å². The van der Waals surface area contributed by atoms with Crippen LogP contribution >= 0.6 is 11.6 Å². The molecule has 0 aliphatic rings. The van der Waals surface area contributed by atoms with E-state index in [0.717, 1.165) is 0 Å². The van der Waals surface area contributed by atoms with Gasteiger partial charge in [-0.05, 0) is 6.07 Å². The van der Waals surface area contributed by atoms with E-state index in [-0.39, 0.29) is 18.2 Å². The summed E-state index contributed by atoms with van der Waals surface area (Å²) >= 11 is 5.66. The van der Waals surface area contributed by atoms with E-state index in [4.69, 9.17) is 16.7 Å². The highest BCUT2D eigenvalue weighted by Gasteiger charge is 2.09. The number of hydrogen-bond acceptors (Lipinski definition) is 3. The minimum Gasteiger partial charge on any atom is -0.388 e. The Morgan fingerprint density at radius 1 is 1.44 bits per heavy atom. The molecule has 2 rings (SSSR count). The fourth-order valence-electron chi connectivity index (χ4n) is 1.37. The number of nitrogens with zero attached hydrogens (tertiary/aromatic N) is 3. The lowest BCUT2D eigenvalue weighted by atomic mass is 10.2. The molecule has 4 nitrogen and oxygen atoms in total. The Balaban J connectivity index is 2.30. The Morgan fingerprint density at radius 3 is 3.00 bits per heavy atom. The molecule has 16 heavy (non-hydrogen) atoms. The first-order valence-corrected chi connectivity index (χ1v) is 5.00. The van der Waals surface area contributed by atoms with Crippen LogP contribution in [0.2, 0.25) is 5.02 Å². The van der Waals surface area contributed by atoms with Crippen LogP contribution in [0.1, 0.15) is 11.4 Å². The highest BCUT2D eigenvalue weighted by Crippen LogP contribution is 2.18. The number of rotatable bonds is 3. The van der Waals surface area contributed by atoms with Crippen LogP contribution < -0.4 is 0 Å². The second-order valence-electron chi connectivity index (χ2n) is 3.20. The molecule has 1 aromatic carbocycles. The van der Waals surface area contributed by atoms with E-state index in [1.807, 2.05) is 0 Å². The molecule has 0 bridgehead atoms. The minimum atomic E-state index is -0.469. The molecule has 0 fully saturated rings. The summed E-state index contributed by atoms with van der Waals surface area (Å²) in [6.07, 6.45) is 1.31. The predicted octanol–water partition coefficient (Wildman–Crippen LogP) is 1.61. The van der Waals surface area contributed by atoms with Gasteiger partial charge in [-0.15, -0.1) is 0 Å². The van der Waals surface area contributed by atoms with Gasteiger partial charge in [0.05, 0.1) is 11.6 Å². The van der Waals surface area contributed by atoms with Gasteiger partial charge in [0.25, 0.3) is 0 Å². The summed E-state index contributed by atoms with van der Waals surface area (Å²) in [5.74, 6) is -0.0806. The molecular weight excluding hydrogens is 233 g/mol. The smallest absolute Gasteiger partial charge is 0.152 e. The molecule has 0 saturated carbocycles. The Hall–Kier alpha value is -1.46. The first-order valence-electron chi connectivity index (χ1n) is 4.63. The molecule has 2 aromatic rings. The number of halogens is 2. The van der Waals surface area contributed by atoms with Crippen molar-refractivity contribution in [3.05, 3.63) is 46.8 Å². The van der Waals surface area contributed by atoms with Crippen LogP contribution in [0.5, 0.6) is 0 Å². The van der Waals surface area contributed by atoms with Gasteiger partial charge in [0.15, 0.2) is 5.82 Å². The molecule has 0 aliphatic heterocycles. The third-order valence-electron chi connectivity index (χ3n) is 2.19. The van der Waals surface area contributed by atoms with E-state index in [2.05, 4.69) is 10.1 Å². The Labute approximate surface area is 96.3 Å². The predicted molar refractivity (Wildman–Crippen MR) is 56.5 cm³/mol. The normalized spacial score (nSPS) is 10.7. The molecule has 0 unspecified atom stereocenters. The van der Waals surface area contributed by atoms with E-state index in [0.29, 0.717) is 11.4 Å². The van der Waals surface area contributed by atoms with Crippen LogP contribution in [-0.2, 0) is 13.2 Å². The van der Waals surface area contributed by atoms with Gasteiger partial charge in [0.1, 0.15) is 18.8 Å². The third-order valence-corrected chi connectivity index (χ3v) is 2.48. The lowest BCUT2D eigenvalue weighted by Crippen LogP contribution is -2.08. The Kier molecular flexibility index (Phi) is 3.17. The van der Waals surface area contributed by atoms with Crippen molar-refractivity contribution in [2.24, 2.45) is 0 Å². The minimum absolute atomic E-state index is 0.0724. The average molecular weight is 242 g/mol. The molecule has 0 spiro atoms. The van der Waals surface area contributed by atoms with Crippen LogP contribution in [0.15, 0.2) is 24.5 Å². The summed E-state index contributed by atoms with van der Waals surface area (Å²) in [6.45, 7) is -0.0372. The first kappa shape index (κ1) is 11.0. The van der Waals surface area contributed by atoms with Crippen molar-refractivity contribution in [2.75, 3.05) is 0 Å². The molecule has 6 heteroatoms. The van der Waals surface area contributed by atoms with Gasteiger partial charge in [0.2, 0.25) is 0 Å². The van der Waals surface area contributed by atoms with Crippen molar-refractivity contribution >= 4 is 11.6 Å². The number of aromatic nitrogens is 3. The van der Waals surface area contributed by atoms with Gasteiger partial charge in [-0.3, -0.25) is 0 Å². The van der Waals surface area contributed by atoms with Crippen molar-refractivity contribution in [1.82, 2.24) is 14.8 Å². The highest BCUT2D eigenvalue weighted by atomic mass is 35.5. The molecule has 0 amide bonds. The monoisotopic (exact) mass is 241 g/mol. The first-order chi connectivity index (χ1) is 7.72. The van der Waals surface area contributed by atoms with Crippen molar-refractivity contribution in [3.63, 3.8) is 0 Å². The van der Waals surface area contributed by atoms with Gasteiger partial charge in [-0.1, -0.05) is 23.7 Å². The lowest BCUT2D eigenvalue weighted by Gasteiger charge is -2.06. The van der Waals surface area contributed by atoms with Crippen LogP contribution in [0.4, 0.5) is 4.39 Å². The maximum absolute atomic E-state index is 13.6. The summed E-state index contributed by atoms with van der Waals surface area (Å²) < 4.78 is 15.0. The highest BCUT2D eigenvalue weighted by molar-refractivity contribution is 6.30. The van der Waals surface area contributed by atoms with Crippen molar-refractivity contribution in [2.45, 2.75) is 13.2 Å². The van der Waals surface area contributed by atoms with Gasteiger partial charge in [0, 0.05) is 5.56 Å². The summed E-state index contributed by atoms with van der Waals surface area (Å²) in [5.41, 5.74) is 0.410. The fourth-order valence-corrected chi connectivity index (χ4v) is 1.57. The SMILES string of the molecule is OCc1ncnn1Cc1cccc(Cl)c1F. The third kappa shape index (κ3) is 2.05. The quantitative estimate of drug-likeness (QED) is 0.888. The van der Waals surface area contributed by atoms with Crippen molar-refractivity contribution in [1.29, 1.82) is 0 Å². The number of aliphatic hydroxyl groups excluding tert-OH is 1. The zero-order valence-electron chi connectivity index (χ0n) is 8.27. The van der Waals surface area contributed by atoms with Crippen LogP contribution in [0, 0.1) is 5.82 Å². The van der Waals surface area contributed by atoms with E-state index in [1.165, 1.54) is 17.1 Å². The number of benzene rings is 1. The van der Waals surface area contributed by atoms with Gasteiger partial charge < -0.3 is 5.11 Å². The largest absolute Gasteiger partial charge is 0.388 e. The average Bonchev–Trinajstić information content (AvgIpc) is 2.72. The number of hydrogen-bond donors (Lipinski definition) is 1. The van der Waals surface area contributed by atoms with Crippen molar-refractivity contribution < 1.29 is 9.50 Å².